The average molecular weight is 378 g/mol. The van der Waals surface area contributed by atoms with Crippen LogP contribution in [-0.2, 0) is 14.3 Å². The summed E-state index contributed by atoms with van der Waals surface area (Å²) in [7, 11) is 0. The zero-order valence-corrected chi connectivity index (χ0v) is 14.4. The first-order chi connectivity index (χ1) is 9.61. The van der Waals surface area contributed by atoms with Crippen LogP contribution >= 0.6 is 39.0 Å². The van der Waals surface area contributed by atoms with Gasteiger partial charge in [-0.15, -0.1) is 23.1 Å². The van der Waals surface area contributed by atoms with Crippen molar-refractivity contribution in [2.45, 2.75) is 25.1 Å². The maximum atomic E-state index is 11.9. The van der Waals surface area contributed by atoms with E-state index in [0.717, 1.165) is 3.79 Å². The summed E-state index contributed by atoms with van der Waals surface area (Å²) in [5.41, 5.74) is 0. The minimum absolute atomic E-state index is 0.0843. The summed E-state index contributed by atoms with van der Waals surface area (Å²) >= 11 is 6.74. The first-order valence-corrected chi connectivity index (χ1v) is 9.09. The van der Waals surface area contributed by atoms with Crippen LogP contribution < -0.4 is 0 Å². The standard InChI is InChI=1S/C13H16BrNO3S2/c1-2-18-12(17)4-3-7-15-11(16)8-19-13(15)9-5-6-10(14)20-9/h5-6,13H,2-4,7-8H2,1H3. The summed E-state index contributed by atoms with van der Waals surface area (Å²) in [4.78, 5) is 26.3. The minimum atomic E-state index is -0.192. The van der Waals surface area contributed by atoms with Gasteiger partial charge in [0.1, 0.15) is 5.37 Å². The van der Waals surface area contributed by atoms with Gasteiger partial charge in [0.2, 0.25) is 5.91 Å². The van der Waals surface area contributed by atoms with Crippen LogP contribution in [0.5, 0.6) is 0 Å². The first kappa shape index (κ1) is 15.9. The Kier molecular flexibility index (Phi) is 5.92. The van der Waals surface area contributed by atoms with Crippen LogP contribution in [0.3, 0.4) is 0 Å². The van der Waals surface area contributed by atoms with Gasteiger partial charge >= 0.3 is 5.97 Å². The third-order valence-electron chi connectivity index (χ3n) is 2.89. The minimum Gasteiger partial charge on any atom is -0.466 e. The lowest BCUT2D eigenvalue weighted by Crippen LogP contribution is -2.29. The van der Waals surface area contributed by atoms with Gasteiger partial charge in [-0.3, -0.25) is 9.59 Å². The SMILES string of the molecule is CCOC(=O)CCCN1C(=O)CSC1c1ccc(Br)s1. The summed E-state index contributed by atoms with van der Waals surface area (Å²) in [6, 6.07) is 4.05. The number of carbonyl (C=O) groups excluding carboxylic acids is 2. The van der Waals surface area contributed by atoms with Crippen molar-refractivity contribution in [3.63, 3.8) is 0 Å². The van der Waals surface area contributed by atoms with Crippen molar-refractivity contribution in [3.05, 3.63) is 20.8 Å². The number of hydrogen-bond donors (Lipinski definition) is 0. The van der Waals surface area contributed by atoms with Gasteiger partial charge < -0.3 is 9.64 Å². The Morgan fingerprint density at radius 2 is 2.35 bits per heavy atom. The number of halogens is 1. The Bertz CT molecular complexity index is 492. The highest BCUT2D eigenvalue weighted by Gasteiger charge is 2.33. The van der Waals surface area contributed by atoms with Gasteiger partial charge in [0.15, 0.2) is 0 Å². The lowest BCUT2D eigenvalue weighted by Gasteiger charge is -2.22. The van der Waals surface area contributed by atoms with Crippen molar-refractivity contribution in [1.82, 2.24) is 4.90 Å². The molecule has 0 aliphatic carbocycles. The molecule has 2 rings (SSSR count). The Morgan fingerprint density at radius 3 is 3.00 bits per heavy atom. The van der Waals surface area contributed by atoms with E-state index in [9.17, 15) is 9.59 Å². The van der Waals surface area contributed by atoms with Gasteiger partial charge in [-0.1, -0.05) is 0 Å². The second kappa shape index (κ2) is 7.47. The zero-order chi connectivity index (χ0) is 14.5. The van der Waals surface area contributed by atoms with Crippen LogP contribution in [0, 0.1) is 0 Å². The molecule has 1 aromatic heterocycles. The zero-order valence-electron chi connectivity index (χ0n) is 11.1. The molecule has 0 spiro atoms. The number of thioether (sulfide) groups is 1. The lowest BCUT2D eigenvalue weighted by molar-refractivity contribution is -0.143. The molecule has 7 heteroatoms. The lowest BCUT2D eigenvalue weighted by atomic mass is 10.3. The molecule has 4 nitrogen and oxygen atoms in total. The van der Waals surface area contributed by atoms with Gasteiger partial charge in [0.05, 0.1) is 16.1 Å². The largest absolute Gasteiger partial charge is 0.466 e. The van der Waals surface area contributed by atoms with E-state index in [0.29, 0.717) is 31.7 Å². The predicted octanol–water partition coefficient (Wildman–Crippen LogP) is 3.43. The Morgan fingerprint density at radius 1 is 1.55 bits per heavy atom. The van der Waals surface area contributed by atoms with Gasteiger partial charge in [-0.05, 0) is 41.4 Å². The molecule has 0 radical (unpaired) electrons. The third-order valence-corrected chi connectivity index (χ3v) is 5.95. The molecule has 0 aromatic carbocycles. The summed E-state index contributed by atoms with van der Waals surface area (Å²) in [5, 5.41) is 0.0843. The average Bonchev–Trinajstić information content (AvgIpc) is 2.97. The number of rotatable bonds is 6. The molecule has 1 unspecified atom stereocenters. The molecule has 1 aliphatic heterocycles. The third kappa shape index (κ3) is 3.99. The number of esters is 1. The van der Waals surface area contributed by atoms with Crippen molar-refractivity contribution in [2.75, 3.05) is 18.9 Å². The van der Waals surface area contributed by atoms with E-state index in [4.69, 9.17) is 4.74 Å². The van der Waals surface area contributed by atoms with E-state index in [2.05, 4.69) is 15.9 Å². The number of hydrogen-bond acceptors (Lipinski definition) is 5. The molecule has 0 bridgehead atoms. The normalized spacial score (nSPS) is 18.6. The molecule has 20 heavy (non-hydrogen) atoms. The summed E-state index contributed by atoms with van der Waals surface area (Å²) < 4.78 is 5.96. The maximum Gasteiger partial charge on any atom is 0.305 e. The molecule has 1 aliphatic rings. The highest BCUT2D eigenvalue weighted by Crippen LogP contribution is 2.42. The van der Waals surface area contributed by atoms with Crippen molar-refractivity contribution in [3.8, 4) is 0 Å². The fourth-order valence-corrected chi connectivity index (χ4v) is 4.90. The van der Waals surface area contributed by atoms with Crippen molar-refractivity contribution >= 4 is 50.9 Å². The Labute approximate surface area is 135 Å². The van der Waals surface area contributed by atoms with E-state index in [1.165, 1.54) is 4.88 Å². The molecule has 2 heterocycles. The van der Waals surface area contributed by atoms with Crippen molar-refractivity contribution in [1.29, 1.82) is 0 Å². The van der Waals surface area contributed by atoms with Crippen LogP contribution in [0.15, 0.2) is 15.9 Å². The van der Waals surface area contributed by atoms with E-state index < -0.39 is 0 Å². The number of ether oxygens (including phenoxy) is 1. The molecule has 1 saturated heterocycles. The summed E-state index contributed by atoms with van der Waals surface area (Å²) in [6.07, 6.45) is 1.01. The van der Waals surface area contributed by atoms with Gasteiger partial charge in [0, 0.05) is 17.8 Å². The van der Waals surface area contributed by atoms with Crippen LogP contribution in [0.1, 0.15) is 30.0 Å². The summed E-state index contributed by atoms with van der Waals surface area (Å²) in [6.45, 7) is 2.80. The molecule has 0 N–H and O–H groups in total. The fourth-order valence-electron chi connectivity index (χ4n) is 2.02. The first-order valence-electron chi connectivity index (χ1n) is 6.43. The number of thiophene rings is 1. The van der Waals surface area contributed by atoms with Gasteiger partial charge in [-0.2, -0.15) is 0 Å². The number of amides is 1. The second-order valence-corrected chi connectivity index (χ2v) is 7.86. The molecule has 110 valence electrons. The van der Waals surface area contributed by atoms with E-state index >= 15 is 0 Å². The molecule has 1 amide bonds. The smallest absolute Gasteiger partial charge is 0.305 e. The van der Waals surface area contributed by atoms with Gasteiger partial charge in [-0.25, -0.2) is 0 Å². The summed E-state index contributed by atoms with van der Waals surface area (Å²) in [5.74, 6) is 0.468. The van der Waals surface area contributed by atoms with Crippen LogP contribution in [0.25, 0.3) is 0 Å². The number of nitrogens with zero attached hydrogens (tertiary/aromatic N) is 1. The van der Waals surface area contributed by atoms with Gasteiger partial charge in [0.25, 0.3) is 0 Å². The molecule has 0 saturated carbocycles. The quantitative estimate of drug-likeness (QED) is 0.712. The molecular weight excluding hydrogens is 362 g/mol. The highest BCUT2D eigenvalue weighted by molar-refractivity contribution is 9.11. The maximum absolute atomic E-state index is 11.9. The second-order valence-electron chi connectivity index (χ2n) is 4.30. The monoisotopic (exact) mass is 377 g/mol. The molecule has 1 atom stereocenters. The van der Waals surface area contributed by atoms with Crippen molar-refractivity contribution < 1.29 is 14.3 Å². The predicted molar refractivity (Wildman–Crippen MR) is 84.8 cm³/mol. The van der Waals surface area contributed by atoms with E-state index in [-0.39, 0.29) is 17.3 Å². The van der Waals surface area contributed by atoms with Crippen LogP contribution in [-0.4, -0.2) is 35.7 Å². The van der Waals surface area contributed by atoms with Crippen molar-refractivity contribution in [2.24, 2.45) is 0 Å². The Hall–Kier alpha value is -0.530. The van der Waals surface area contributed by atoms with Crippen LogP contribution in [0.4, 0.5) is 0 Å². The Balaban J connectivity index is 1.90. The highest BCUT2D eigenvalue weighted by atomic mass is 79.9. The van der Waals surface area contributed by atoms with Crippen LogP contribution in [0.2, 0.25) is 0 Å². The van der Waals surface area contributed by atoms with E-state index in [1.54, 1.807) is 30.0 Å². The molecule has 1 aromatic rings. The molecular formula is C13H16BrNO3S2. The topological polar surface area (TPSA) is 46.6 Å². The molecule has 1 fully saturated rings. The van der Waals surface area contributed by atoms with E-state index in [1.807, 2.05) is 17.0 Å². The fraction of sp³-hybridized carbons (Fsp3) is 0.538. The number of carbonyl (C=O) groups is 2.